The van der Waals surface area contributed by atoms with Gasteiger partial charge in [0.25, 0.3) is 0 Å². The Kier molecular flexibility index (Phi) is 6.92. The number of halogens is 1. The molecule has 1 unspecified atom stereocenters. The van der Waals surface area contributed by atoms with Crippen molar-refractivity contribution in [3.05, 3.63) is 16.1 Å². The maximum absolute atomic E-state index is 12.3. The monoisotopic (exact) mass is 317 g/mol. The number of aryl methyl sites for hydroxylation is 1. The van der Waals surface area contributed by atoms with Gasteiger partial charge < -0.3 is 10.6 Å². The maximum Gasteiger partial charge on any atom is 0.223 e. The van der Waals surface area contributed by atoms with Gasteiger partial charge in [0.2, 0.25) is 5.91 Å². The largest absolute Gasteiger partial charge is 0.347 e. The van der Waals surface area contributed by atoms with E-state index in [9.17, 15) is 4.79 Å². The van der Waals surface area contributed by atoms with E-state index >= 15 is 0 Å². The molecule has 2 rings (SSSR count). The fraction of sp³-hybridized carbons (Fsp3) is 0.714. The summed E-state index contributed by atoms with van der Waals surface area (Å²) in [6, 6.07) is 0.503. The lowest BCUT2D eigenvalue weighted by atomic mass is 9.92. The number of thiazole rings is 1. The number of nitrogens with zero attached hydrogens (tertiary/aromatic N) is 1. The van der Waals surface area contributed by atoms with Gasteiger partial charge in [-0.2, -0.15) is 0 Å². The van der Waals surface area contributed by atoms with E-state index in [0.717, 1.165) is 36.5 Å². The molecule has 2 heterocycles. The number of carbonyl (C=O) groups excluding carboxylic acids is 1. The second kappa shape index (κ2) is 7.96. The molecular weight excluding hydrogens is 294 g/mol. The van der Waals surface area contributed by atoms with E-state index in [4.69, 9.17) is 0 Å². The highest BCUT2D eigenvalue weighted by Gasteiger charge is 2.26. The summed E-state index contributed by atoms with van der Waals surface area (Å²) in [5.41, 5.74) is 1.03. The molecule has 0 spiro atoms. The van der Waals surface area contributed by atoms with E-state index < -0.39 is 0 Å². The summed E-state index contributed by atoms with van der Waals surface area (Å²) in [5, 5.41) is 9.61. The van der Waals surface area contributed by atoms with Gasteiger partial charge in [0, 0.05) is 23.0 Å². The molecule has 114 valence electrons. The molecule has 4 nitrogen and oxygen atoms in total. The molecule has 1 aliphatic heterocycles. The average molecular weight is 318 g/mol. The summed E-state index contributed by atoms with van der Waals surface area (Å²) < 4.78 is 0. The maximum atomic E-state index is 12.3. The van der Waals surface area contributed by atoms with Crippen LogP contribution in [0.25, 0.3) is 0 Å². The van der Waals surface area contributed by atoms with Gasteiger partial charge in [-0.3, -0.25) is 4.79 Å². The summed E-state index contributed by atoms with van der Waals surface area (Å²) in [5.74, 6) is 0.333. The first-order chi connectivity index (χ1) is 9.10. The highest BCUT2D eigenvalue weighted by Crippen LogP contribution is 2.23. The number of rotatable bonds is 4. The third-order valence-corrected chi connectivity index (χ3v) is 4.73. The number of nitrogens with one attached hydrogen (secondary N) is 2. The fourth-order valence-electron chi connectivity index (χ4n) is 2.53. The SMILES string of the molecule is CCC(NC(=O)[C@H]1CCN[C@@H](C)C1)c1nc(C)cs1.Cl. The molecule has 1 amide bonds. The van der Waals surface area contributed by atoms with Crippen LogP contribution in [-0.2, 0) is 4.79 Å². The summed E-state index contributed by atoms with van der Waals surface area (Å²) >= 11 is 1.63. The zero-order chi connectivity index (χ0) is 13.8. The van der Waals surface area contributed by atoms with Crippen molar-refractivity contribution < 1.29 is 4.79 Å². The number of piperidine rings is 1. The number of hydrogen-bond donors (Lipinski definition) is 2. The third kappa shape index (κ3) is 4.43. The summed E-state index contributed by atoms with van der Waals surface area (Å²) in [6.45, 7) is 7.16. The topological polar surface area (TPSA) is 54.0 Å². The van der Waals surface area contributed by atoms with Crippen molar-refractivity contribution in [2.45, 2.75) is 52.1 Å². The number of hydrogen-bond acceptors (Lipinski definition) is 4. The van der Waals surface area contributed by atoms with Gasteiger partial charge in [-0.25, -0.2) is 4.98 Å². The lowest BCUT2D eigenvalue weighted by Gasteiger charge is -2.28. The van der Waals surface area contributed by atoms with Gasteiger partial charge in [0.1, 0.15) is 5.01 Å². The first-order valence-corrected chi connectivity index (χ1v) is 7.94. The first kappa shape index (κ1) is 17.4. The van der Waals surface area contributed by atoms with Crippen molar-refractivity contribution in [1.82, 2.24) is 15.6 Å². The predicted molar refractivity (Wildman–Crippen MR) is 85.5 cm³/mol. The van der Waals surface area contributed by atoms with Crippen LogP contribution in [0.2, 0.25) is 0 Å². The Bertz CT molecular complexity index is 438. The summed E-state index contributed by atoms with van der Waals surface area (Å²) in [7, 11) is 0. The molecule has 0 bridgehead atoms. The van der Waals surface area contributed by atoms with E-state index in [1.54, 1.807) is 11.3 Å². The Hall–Kier alpha value is -0.650. The molecule has 3 atom stereocenters. The van der Waals surface area contributed by atoms with E-state index in [1.807, 2.05) is 12.3 Å². The van der Waals surface area contributed by atoms with E-state index in [-0.39, 0.29) is 30.3 Å². The summed E-state index contributed by atoms with van der Waals surface area (Å²) in [6.07, 6.45) is 2.75. The minimum Gasteiger partial charge on any atom is -0.347 e. The average Bonchev–Trinajstić information content (AvgIpc) is 2.82. The predicted octanol–water partition coefficient (Wildman–Crippen LogP) is 2.83. The van der Waals surface area contributed by atoms with E-state index in [1.165, 1.54) is 0 Å². The van der Waals surface area contributed by atoms with Crippen LogP contribution in [-0.4, -0.2) is 23.5 Å². The standard InChI is InChI=1S/C14H23N3OS.ClH/c1-4-12(14-16-10(3)8-19-14)17-13(18)11-5-6-15-9(2)7-11;/h8-9,11-12,15H,4-7H2,1-3H3,(H,17,18);1H/t9-,11-,12?;/m0./s1. The first-order valence-electron chi connectivity index (χ1n) is 7.06. The van der Waals surface area contributed by atoms with Crippen molar-refractivity contribution in [3.8, 4) is 0 Å². The Morgan fingerprint density at radius 2 is 2.40 bits per heavy atom. The van der Waals surface area contributed by atoms with Crippen LogP contribution in [0.4, 0.5) is 0 Å². The van der Waals surface area contributed by atoms with Crippen molar-refractivity contribution in [2.24, 2.45) is 5.92 Å². The molecule has 1 aromatic heterocycles. The van der Waals surface area contributed by atoms with Crippen LogP contribution in [0.5, 0.6) is 0 Å². The number of amides is 1. The molecule has 20 heavy (non-hydrogen) atoms. The van der Waals surface area contributed by atoms with Crippen LogP contribution in [0.15, 0.2) is 5.38 Å². The van der Waals surface area contributed by atoms with Gasteiger partial charge >= 0.3 is 0 Å². The normalized spacial score (nSPS) is 23.8. The van der Waals surface area contributed by atoms with Crippen molar-refractivity contribution in [3.63, 3.8) is 0 Å². The molecule has 0 aliphatic carbocycles. The van der Waals surface area contributed by atoms with Crippen molar-refractivity contribution in [2.75, 3.05) is 6.54 Å². The van der Waals surface area contributed by atoms with Crippen LogP contribution < -0.4 is 10.6 Å². The molecule has 2 N–H and O–H groups in total. The quantitative estimate of drug-likeness (QED) is 0.898. The minimum absolute atomic E-state index is 0. The zero-order valence-electron chi connectivity index (χ0n) is 12.3. The van der Waals surface area contributed by atoms with Crippen LogP contribution in [0, 0.1) is 12.8 Å². The van der Waals surface area contributed by atoms with Crippen LogP contribution in [0.3, 0.4) is 0 Å². The lowest BCUT2D eigenvalue weighted by Crippen LogP contribution is -2.43. The van der Waals surface area contributed by atoms with Gasteiger partial charge in [-0.1, -0.05) is 6.92 Å². The molecule has 1 fully saturated rings. The van der Waals surface area contributed by atoms with E-state index in [0.29, 0.717) is 6.04 Å². The Balaban J connectivity index is 0.00000200. The molecule has 1 saturated heterocycles. The second-order valence-electron chi connectivity index (χ2n) is 5.37. The second-order valence-corrected chi connectivity index (χ2v) is 6.26. The molecule has 0 aromatic carbocycles. The fourth-order valence-corrected chi connectivity index (χ4v) is 3.46. The van der Waals surface area contributed by atoms with Gasteiger partial charge in [0.15, 0.2) is 0 Å². The van der Waals surface area contributed by atoms with Gasteiger partial charge in [-0.15, -0.1) is 23.7 Å². The Morgan fingerprint density at radius 1 is 1.65 bits per heavy atom. The molecule has 1 aromatic rings. The van der Waals surface area contributed by atoms with Crippen molar-refractivity contribution in [1.29, 1.82) is 0 Å². The Morgan fingerprint density at radius 3 is 2.95 bits per heavy atom. The van der Waals surface area contributed by atoms with Crippen molar-refractivity contribution >= 4 is 29.7 Å². The van der Waals surface area contributed by atoms with Crippen LogP contribution >= 0.6 is 23.7 Å². The molecule has 0 saturated carbocycles. The Labute approximate surface area is 131 Å². The number of carbonyl (C=O) groups is 1. The lowest BCUT2D eigenvalue weighted by molar-refractivity contribution is -0.126. The molecular formula is C14H24ClN3OS. The molecule has 0 radical (unpaired) electrons. The third-order valence-electron chi connectivity index (χ3n) is 3.65. The van der Waals surface area contributed by atoms with Gasteiger partial charge in [0.05, 0.1) is 6.04 Å². The smallest absolute Gasteiger partial charge is 0.223 e. The zero-order valence-corrected chi connectivity index (χ0v) is 13.9. The van der Waals surface area contributed by atoms with Crippen LogP contribution in [0.1, 0.15) is 49.9 Å². The molecule has 6 heteroatoms. The minimum atomic E-state index is 0. The summed E-state index contributed by atoms with van der Waals surface area (Å²) in [4.78, 5) is 16.8. The highest BCUT2D eigenvalue weighted by molar-refractivity contribution is 7.09. The van der Waals surface area contributed by atoms with E-state index in [2.05, 4.69) is 29.5 Å². The van der Waals surface area contributed by atoms with Gasteiger partial charge in [-0.05, 0) is 39.7 Å². The molecule has 1 aliphatic rings. The number of aromatic nitrogens is 1. The highest BCUT2D eigenvalue weighted by atomic mass is 35.5.